The summed E-state index contributed by atoms with van der Waals surface area (Å²) in [5.41, 5.74) is 1.93. The molecule has 2 N–H and O–H groups in total. The molecule has 1 fully saturated rings. The molecule has 3 atom stereocenters. The fraction of sp³-hybridized carbons (Fsp3) is 0.296. The van der Waals surface area contributed by atoms with Crippen LogP contribution in [0.5, 0.6) is 5.75 Å². The van der Waals surface area contributed by atoms with Crippen LogP contribution in [0.2, 0.25) is 0 Å². The molecule has 0 saturated carbocycles. The third-order valence-electron chi connectivity index (χ3n) is 6.34. The second-order valence-corrected chi connectivity index (χ2v) is 9.99. The fourth-order valence-corrected chi connectivity index (χ4v) is 4.79. The maximum Gasteiger partial charge on any atom is 0.397 e. The van der Waals surface area contributed by atoms with Crippen molar-refractivity contribution >= 4 is 22.0 Å². The van der Waals surface area contributed by atoms with Crippen LogP contribution in [0.1, 0.15) is 42.5 Å². The molecule has 0 radical (unpaired) electrons. The smallest absolute Gasteiger partial charge is 0.397 e. The summed E-state index contributed by atoms with van der Waals surface area (Å²) in [5.74, 6) is -0.876. The highest BCUT2D eigenvalue weighted by Crippen LogP contribution is 2.46. The zero-order valence-electron chi connectivity index (χ0n) is 20.2. The number of carbonyl (C=O) groups excluding carboxylic acids is 1. The van der Waals surface area contributed by atoms with Gasteiger partial charge in [-0.3, -0.25) is 9.35 Å². The molecule has 4 rings (SSSR count). The quantitative estimate of drug-likeness (QED) is 0.191. The fourth-order valence-electron chi connectivity index (χ4n) is 4.46. The Morgan fingerprint density at radius 2 is 1.50 bits per heavy atom. The van der Waals surface area contributed by atoms with Gasteiger partial charge in [-0.1, -0.05) is 24.3 Å². The Kier molecular flexibility index (Phi) is 8.72. The van der Waals surface area contributed by atoms with Crippen LogP contribution in [0.3, 0.4) is 0 Å². The molecule has 0 spiro atoms. The molecule has 1 saturated heterocycles. The largest absolute Gasteiger partial charge is 0.494 e. The number of anilines is 1. The molecule has 11 heteroatoms. The summed E-state index contributed by atoms with van der Waals surface area (Å²) in [6.45, 7) is -0.0679. The van der Waals surface area contributed by atoms with Crippen LogP contribution in [0, 0.1) is 17.6 Å². The van der Waals surface area contributed by atoms with Crippen molar-refractivity contribution < 1.29 is 40.6 Å². The predicted octanol–water partition coefficient (Wildman–Crippen LogP) is 4.77. The second kappa shape index (κ2) is 12.0. The lowest BCUT2D eigenvalue weighted by molar-refractivity contribution is -0.131. The van der Waals surface area contributed by atoms with Crippen molar-refractivity contribution in [2.45, 2.75) is 31.4 Å². The van der Waals surface area contributed by atoms with Gasteiger partial charge >= 0.3 is 10.4 Å². The first kappa shape index (κ1) is 27.6. The Hall–Kier alpha value is -3.38. The van der Waals surface area contributed by atoms with Crippen molar-refractivity contribution in [3.05, 3.63) is 95.6 Å². The predicted molar refractivity (Wildman–Crippen MR) is 135 cm³/mol. The van der Waals surface area contributed by atoms with E-state index in [2.05, 4.69) is 4.18 Å². The number of hydrogen-bond acceptors (Lipinski definition) is 6. The van der Waals surface area contributed by atoms with Gasteiger partial charge in [0.05, 0.1) is 31.3 Å². The van der Waals surface area contributed by atoms with E-state index in [1.165, 1.54) is 48.5 Å². The van der Waals surface area contributed by atoms with Crippen LogP contribution < -0.4 is 9.64 Å². The summed E-state index contributed by atoms with van der Waals surface area (Å²) in [7, 11) is -4.49. The number of halogens is 2. The standard InChI is InChI=1S/C27H27F2NO7S/c28-20-6-2-18(3-7-20)25(31)15-14-24-26(30(27(24)32)22-10-8-21(29)9-11-22)19-4-12-23(13-5-19)36-16-1-17-37-38(33,34)35/h2-13,24-26,31H,1,14-17H2,(H,33,34,35)/t24-,25+,26-/m1/s1. The Labute approximate surface area is 219 Å². The number of hydrogen-bond donors (Lipinski definition) is 2. The molecule has 3 aromatic rings. The van der Waals surface area contributed by atoms with Crippen molar-refractivity contribution in [1.82, 2.24) is 0 Å². The molecule has 0 aliphatic carbocycles. The normalized spacial score (nSPS) is 18.2. The van der Waals surface area contributed by atoms with E-state index in [4.69, 9.17) is 9.29 Å². The zero-order valence-corrected chi connectivity index (χ0v) is 21.1. The maximum absolute atomic E-state index is 13.5. The number of carbonyl (C=O) groups is 1. The van der Waals surface area contributed by atoms with Crippen molar-refractivity contribution in [2.75, 3.05) is 18.1 Å². The molecule has 0 aromatic heterocycles. The van der Waals surface area contributed by atoms with Gasteiger partial charge in [-0.2, -0.15) is 8.42 Å². The molecule has 0 unspecified atom stereocenters. The Balaban J connectivity index is 1.44. The first-order chi connectivity index (χ1) is 18.1. The first-order valence-corrected chi connectivity index (χ1v) is 13.4. The Morgan fingerprint density at radius 1 is 0.895 bits per heavy atom. The van der Waals surface area contributed by atoms with Gasteiger partial charge in [0.2, 0.25) is 5.91 Å². The number of amides is 1. The summed E-state index contributed by atoms with van der Waals surface area (Å²) >= 11 is 0. The molecular weight excluding hydrogens is 520 g/mol. The molecule has 0 bridgehead atoms. The summed E-state index contributed by atoms with van der Waals surface area (Å²) < 4.78 is 66.3. The second-order valence-electron chi connectivity index (χ2n) is 8.90. The van der Waals surface area contributed by atoms with E-state index in [-0.39, 0.29) is 31.6 Å². The van der Waals surface area contributed by atoms with Gasteiger partial charge in [0, 0.05) is 12.1 Å². The number of ether oxygens (including phenoxy) is 1. The molecule has 1 amide bonds. The lowest BCUT2D eigenvalue weighted by atomic mass is 9.78. The molecule has 202 valence electrons. The van der Waals surface area contributed by atoms with E-state index in [9.17, 15) is 27.1 Å². The van der Waals surface area contributed by atoms with Crippen molar-refractivity contribution in [3.63, 3.8) is 0 Å². The summed E-state index contributed by atoms with van der Waals surface area (Å²) in [5, 5.41) is 10.6. The highest BCUT2D eigenvalue weighted by atomic mass is 32.3. The molecule has 1 aliphatic rings. The molecule has 38 heavy (non-hydrogen) atoms. The van der Waals surface area contributed by atoms with Gasteiger partial charge in [0.25, 0.3) is 0 Å². The van der Waals surface area contributed by atoms with E-state index >= 15 is 0 Å². The number of rotatable bonds is 12. The lowest BCUT2D eigenvalue weighted by Crippen LogP contribution is -2.55. The number of aliphatic hydroxyl groups excluding tert-OH is 1. The van der Waals surface area contributed by atoms with Crippen LogP contribution in [0.4, 0.5) is 14.5 Å². The van der Waals surface area contributed by atoms with Gasteiger partial charge in [-0.25, -0.2) is 13.0 Å². The zero-order chi connectivity index (χ0) is 27.3. The van der Waals surface area contributed by atoms with Crippen LogP contribution in [-0.4, -0.2) is 37.2 Å². The molecule has 1 aliphatic heterocycles. The SMILES string of the molecule is O=C1[C@H](CC[C@H](O)c2ccc(F)cc2)[C@@H](c2ccc(OCCCOS(=O)(=O)O)cc2)N1c1ccc(F)cc1. The third kappa shape index (κ3) is 6.93. The highest BCUT2D eigenvalue weighted by Gasteiger charge is 2.48. The molecule has 8 nitrogen and oxygen atoms in total. The van der Waals surface area contributed by atoms with Crippen molar-refractivity contribution in [1.29, 1.82) is 0 Å². The van der Waals surface area contributed by atoms with E-state index in [0.717, 1.165) is 5.56 Å². The third-order valence-corrected chi connectivity index (χ3v) is 6.80. The van der Waals surface area contributed by atoms with Crippen molar-refractivity contribution in [3.8, 4) is 5.75 Å². The van der Waals surface area contributed by atoms with Gasteiger partial charge in [-0.05, 0) is 72.5 Å². The summed E-state index contributed by atoms with van der Waals surface area (Å²) in [6, 6.07) is 17.9. The topological polar surface area (TPSA) is 113 Å². The minimum absolute atomic E-state index is 0.146. The number of nitrogens with zero attached hydrogens (tertiary/aromatic N) is 1. The average molecular weight is 548 g/mol. The monoisotopic (exact) mass is 547 g/mol. The lowest BCUT2D eigenvalue weighted by Gasteiger charge is -2.48. The number of aliphatic hydroxyl groups is 1. The minimum Gasteiger partial charge on any atom is -0.494 e. The molecule has 3 aromatic carbocycles. The summed E-state index contributed by atoms with van der Waals surface area (Å²) in [4.78, 5) is 14.8. The average Bonchev–Trinajstić information content (AvgIpc) is 2.88. The van der Waals surface area contributed by atoms with E-state index < -0.39 is 34.1 Å². The van der Waals surface area contributed by atoms with Crippen LogP contribution in [0.25, 0.3) is 0 Å². The van der Waals surface area contributed by atoms with Gasteiger partial charge in [0.15, 0.2) is 0 Å². The van der Waals surface area contributed by atoms with Gasteiger partial charge in [0.1, 0.15) is 17.4 Å². The molecule has 1 heterocycles. The molecular formula is C27H27F2NO7S. The van der Waals surface area contributed by atoms with Crippen LogP contribution in [-0.2, 0) is 19.4 Å². The van der Waals surface area contributed by atoms with Gasteiger partial charge in [-0.15, -0.1) is 0 Å². The Morgan fingerprint density at radius 3 is 2.11 bits per heavy atom. The first-order valence-electron chi connectivity index (χ1n) is 12.0. The highest BCUT2D eigenvalue weighted by molar-refractivity contribution is 7.80. The van der Waals surface area contributed by atoms with Crippen LogP contribution >= 0.6 is 0 Å². The number of benzene rings is 3. The number of β-lactam (4-membered cyclic amide) rings is 1. The Bertz CT molecular complexity index is 1330. The van der Waals surface area contributed by atoms with E-state index in [0.29, 0.717) is 29.8 Å². The summed E-state index contributed by atoms with van der Waals surface area (Å²) in [6.07, 6.45) is 0.0496. The minimum atomic E-state index is -4.49. The van der Waals surface area contributed by atoms with Crippen molar-refractivity contribution in [2.24, 2.45) is 5.92 Å². The van der Waals surface area contributed by atoms with E-state index in [1.54, 1.807) is 29.2 Å². The van der Waals surface area contributed by atoms with Gasteiger partial charge < -0.3 is 14.7 Å². The van der Waals surface area contributed by atoms with Crippen LogP contribution in [0.15, 0.2) is 72.8 Å². The van der Waals surface area contributed by atoms with E-state index in [1.807, 2.05) is 0 Å². The maximum atomic E-state index is 13.5.